The van der Waals surface area contributed by atoms with Crippen molar-refractivity contribution in [2.75, 3.05) is 11.9 Å². The van der Waals surface area contributed by atoms with Crippen molar-refractivity contribution < 1.29 is 4.79 Å². The van der Waals surface area contributed by atoms with E-state index in [0.29, 0.717) is 0 Å². The maximum absolute atomic E-state index is 12.2. The number of halogens is 1. The Hall–Kier alpha value is -0.880. The Morgan fingerprint density at radius 3 is 2.50 bits per heavy atom. The molecule has 2 aromatic rings. The number of carbonyl (C=O) groups excluding carboxylic acids is 1. The van der Waals surface area contributed by atoms with Crippen LogP contribution in [0.4, 0.5) is 5.69 Å². The second kappa shape index (κ2) is 5.84. The number of carbonyl (C=O) groups is 1. The van der Waals surface area contributed by atoms with Crippen LogP contribution in [0.5, 0.6) is 0 Å². The van der Waals surface area contributed by atoms with Gasteiger partial charge in [0, 0.05) is 18.1 Å². The fourth-order valence-electron chi connectivity index (χ4n) is 1.69. The van der Waals surface area contributed by atoms with Crippen molar-refractivity contribution in [1.29, 1.82) is 0 Å². The maximum Gasteiger partial charge on any atom is 0.258 e. The van der Waals surface area contributed by atoms with Gasteiger partial charge in [0.1, 0.15) is 0 Å². The summed E-state index contributed by atoms with van der Waals surface area (Å²) in [5, 5.41) is 1.90. The third kappa shape index (κ3) is 2.92. The van der Waals surface area contributed by atoms with Gasteiger partial charge in [-0.3, -0.25) is 4.79 Å². The molecule has 0 atom stereocenters. The van der Waals surface area contributed by atoms with Crippen molar-refractivity contribution in [1.82, 2.24) is 0 Å². The van der Waals surface area contributed by atoms with Crippen LogP contribution in [0.2, 0.25) is 0 Å². The first-order chi connectivity index (χ1) is 8.61. The van der Waals surface area contributed by atoms with E-state index in [9.17, 15) is 4.79 Å². The Kier molecular flexibility index (Phi) is 4.40. The lowest BCUT2D eigenvalue weighted by Gasteiger charge is -2.16. The minimum Gasteiger partial charge on any atom is -0.311 e. The zero-order valence-corrected chi connectivity index (χ0v) is 13.3. The minimum absolute atomic E-state index is 0.0402. The van der Waals surface area contributed by atoms with Crippen molar-refractivity contribution in [3.63, 3.8) is 0 Å². The molecular weight excluding hydrogens is 357 g/mol. The number of thiophene rings is 1. The van der Waals surface area contributed by atoms with Gasteiger partial charge in [-0.2, -0.15) is 0 Å². The Bertz CT molecular complexity index is 547. The molecule has 0 unspecified atom stereocenters. The van der Waals surface area contributed by atoms with Gasteiger partial charge >= 0.3 is 0 Å². The number of aryl methyl sites for hydroxylation is 1. The zero-order valence-electron chi connectivity index (χ0n) is 10.3. The van der Waals surface area contributed by atoms with Gasteiger partial charge in [0.05, 0.1) is 8.45 Å². The molecule has 1 heterocycles. The summed E-state index contributed by atoms with van der Waals surface area (Å²) in [5.74, 6) is 0.0402. The number of nitrogens with zero attached hydrogens (tertiary/aromatic N) is 1. The van der Waals surface area contributed by atoms with E-state index in [-0.39, 0.29) is 5.91 Å². The molecule has 18 heavy (non-hydrogen) atoms. The normalized spacial score (nSPS) is 10.4. The lowest BCUT2D eigenvalue weighted by molar-refractivity contribution is 0.0993. The van der Waals surface area contributed by atoms with E-state index < -0.39 is 0 Å². The first-order valence-electron chi connectivity index (χ1n) is 5.73. The molecule has 1 aromatic heterocycles. The van der Waals surface area contributed by atoms with Crippen molar-refractivity contribution >= 4 is 45.5 Å². The predicted octanol–water partition coefficient (Wildman–Crippen LogP) is 4.19. The van der Waals surface area contributed by atoms with Gasteiger partial charge in [0.15, 0.2) is 0 Å². The number of rotatable bonds is 3. The van der Waals surface area contributed by atoms with Crippen LogP contribution in [0.25, 0.3) is 0 Å². The number of anilines is 1. The Morgan fingerprint density at radius 1 is 1.33 bits per heavy atom. The molecule has 0 fully saturated rings. The molecule has 0 radical (unpaired) electrons. The first kappa shape index (κ1) is 13.5. The van der Waals surface area contributed by atoms with Gasteiger partial charge in [-0.25, -0.2) is 0 Å². The highest BCUT2D eigenvalue weighted by atomic mass is 127. The van der Waals surface area contributed by atoms with Gasteiger partial charge < -0.3 is 4.90 Å². The maximum atomic E-state index is 12.2. The molecule has 0 bridgehead atoms. The summed E-state index contributed by atoms with van der Waals surface area (Å²) in [4.78, 5) is 13.9. The number of hydrogen-bond donors (Lipinski definition) is 0. The lowest BCUT2D eigenvalue weighted by Crippen LogP contribution is -2.25. The van der Waals surface area contributed by atoms with E-state index in [4.69, 9.17) is 0 Å². The van der Waals surface area contributed by atoms with Gasteiger partial charge in [0.25, 0.3) is 5.91 Å². The fraction of sp³-hybridized carbons (Fsp3) is 0.214. The molecule has 0 aliphatic heterocycles. The van der Waals surface area contributed by atoms with Crippen LogP contribution >= 0.6 is 33.9 Å². The molecule has 2 nitrogen and oxygen atoms in total. The summed E-state index contributed by atoms with van der Waals surface area (Å²) in [6.45, 7) is 2.12. The molecule has 0 N–H and O–H groups in total. The highest BCUT2D eigenvalue weighted by molar-refractivity contribution is 14.1. The third-order valence-corrected chi connectivity index (χ3v) is 4.64. The number of benzene rings is 1. The summed E-state index contributed by atoms with van der Waals surface area (Å²) in [6, 6.07) is 10.0. The summed E-state index contributed by atoms with van der Waals surface area (Å²) < 4.78 is 1.13. The van der Waals surface area contributed by atoms with E-state index in [1.54, 1.807) is 16.2 Å². The van der Waals surface area contributed by atoms with Crippen molar-refractivity contribution in [2.24, 2.45) is 0 Å². The lowest BCUT2D eigenvalue weighted by atomic mass is 10.1. The molecule has 0 saturated carbocycles. The topological polar surface area (TPSA) is 20.3 Å². The SMILES string of the molecule is CCc1ccc(N(C)C(=O)c2csc(I)c2)cc1. The zero-order chi connectivity index (χ0) is 13.1. The molecule has 4 heteroatoms. The third-order valence-electron chi connectivity index (χ3n) is 2.85. The Labute approximate surface area is 125 Å². The predicted molar refractivity (Wildman–Crippen MR) is 85.6 cm³/mol. The average molecular weight is 371 g/mol. The number of amides is 1. The van der Waals surface area contributed by atoms with Gasteiger partial charge in [-0.1, -0.05) is 19.1 Å². The van der Waals surface area contributed by atoms with Crippen molar-refractivity contribution in [3.05, 3.63) is 49.7 Å². The molecule has 94 valence electrons. The van der Waals surface area contributed by atoms with Crippen LogP contribution in [0.1, 0.15) is 22.8 Å². The van der Waals surface area contributed by atoms with Crippen LogP contribution in [-0.2, 0) is 6.42 Å². The van der Waals surface area contributed by atoms with Crippen molar-refractivity contribution in [3.8, 4) is 0 Å². The Morgan fingerprint density at radius 2 is 2.00 bits per heavy atom. The second-order valence-corrected chi connectivity index (χ2v) is 6.83. The number of hydrogen-bond acceptors (Lipinski definition) is 2. The smallest absolute Gasteiger partial charge is 0.258 e. The van der Waals surface area contributed by atoms with E-state index in [0.717, 1.165) is 20.6 Å². The molecule has 1 amide bonds. The molecule has 0 aliphatic carbocycles. The molecule has 0 aliphatic rings. The minimum atomic E-state index is 0.0402. The fourth-order valence-corrected chi connectivity index (χ4v) is 3.01. The second-order valence-electron chi connectivity index (χ2n) is 4.02. The quantitative estimate of drug-likeness (QED) is 0.741. The van der Waals surface area contributed by atoms with Crippen LogP contribution < -0.4 is 4.90 Å². The largest absolute Gasteiger partial charge is 0.311 e. The summed E-state index contributed by atoms with van der Waals surface area (Å²) in [6.07, 6.45) is 1.01. The van der Waals surface area contributed by atoms with E-state index in [1.807, 2.05) is 30.6 Å². The van der Waals surface area contributed by atoms with E-state index in [2.05, 4.69) is 41.6 Å². The van der Waals surface area contributed by atoms with Crippen LogP contribution in [-0.4, -0.2) is 13.0 Å². The summed E-state index contributed by atoms with van der Waals surface area (Å²) >= 11 is 3.82. The highest BCUT2D eigenvalue weighted by Crippen LogP contribution is 2.21. The average Bonchev–Trinajstić information content (AvgIpc) is 2.84. The van der Waals surface area contributed by atoms with Crippen molar-refractivity contribution in [2.45, 2.75) is 13.3 Å². The van der Waals surface area contributed by atoms with Crippen LogP contribution in [0.15, 0.2) is 35.7 Å². The molecule has 0 spiro atoms. The highest BCUT2D eigenvalue weighted by Gasteiger charge is 2.14. The van der Waals surface area contributed by atoms with Gasteiger partial charge in [-0.05, 0) is 52.8 Å². The van der Waals surface area contributed by atoms with Gasteiger partial charge in [0.2, 0.25) is 0 Å². The summed E-state index contributed by atoms with van der Waals surface area (Å²) in [7, 11) is 1.81. The van der Waals surface area contributed by atoms with Crippen LogP contribution in [0, 0.1) is 2.88 Å². The Balaban J connectivity index is 2.19. The molecule has 1 aromatic carbocycles. The monoisotopic (exact) mass is 371 g/mol. The van der Waals surface area contributed by atoms with Gasteiger partial charge in [-0.15, -0.1) is 11.3 Å². The van der Waals surface area contributed by atoms with Crippen LogP contribution in [0.3, 0.4) is 0 Å². The summed E-state index contributed by atoms with van der Waals surface area (Å²) in [5.41, 5.74) is 2.97. The molecule has 0 saturated heterocycles. The first-order valence-corrected chi connectivity index (χ1v) is 7.68. The van der Waals surface area contributed by atoms with E-state index >= 15 is 0 Å². The molecule has 2 rings (SSSR count). The standard InChI is InChI=1S/C14H14INOS/c1-3-10-4-6-12(7-5-10)16(2)14(17)11-8-13(15)18-9-11/h4-9H,3H2,1-2H3. The van der Waals surface area contributed by atoms with E-state index in [1.165, 1.54) is 5.56 Å². The molecular formula is C14H14INOS.